The van der Waals surface area contributed by atoms with Crippen LogP contribution >= 0.6 is 15.9 Å². The van der Waals surface area contributed by atoms with Crippen molar-refractivity contribution in [1.82, 2.24) is 14.8 Å². The summed E-state index contributed by atoms with van der Waals surface area (Å²) in [5, 5.41) is 8.15. The number of aromatic nitrogens is 3. The Morgan fingerprint density at radius 3 is 2.88 bits per heavy atom. The van der Waals surface area contributed by atoms with Crippen molar-refractivity contribution < 1.29 is 0 Å². The molecule has 5 heteroatoms. The van der Waals surface area contributed by atoms with E-state index in [-0.39, 0.29) is 0 Å². The number of halogens is 1. The maximum Gasteiger partial charge on any atom is 0.164 e. The molecule has 4 nitrogen and oxygen atoms in total. The van der Waals surface area contributed by atoms with Gasteiger partial charge in [0, 0.05) is 21.8 Å². The molecule has 0 atom stereocenters. The number of hydrogen-bond donors (Lipinski definition) is 1. The van der Waals surface area contributed by atoms with E-state index in [2.05, 4.69) is 30.7 Å². The quantitative estimate of drug-likeness (QED) is 0.860. The lowest BCUT2D eigenvalue weighted by Crippen LogP contribution is -1.96. The molecule has 1 aliphatic carbocycles. The molecule has 1 saturated carbocycles. The average molecular weight is 279 g/mol. The molecule has 1 aromatic carbocycles. The topological polar surface area (TPSA) is 56.7 Å². The van der Waals surface area contributed by atoms with Gasteiger partial charge in [0.25, 0.3) is 0 Å². The lowest BCUT2D eigenvalue weighted by molar-refractivity contribution is 0.746. The SMILES string of the molecule is Nc1ccc(-c2nncn2C2CC2)cc1Br. The Hall–Kier alpha value is -1.36. The zero-order chi connectivity index (χ0) is 11.1. The maximum absolute atomic E-state index is 5.76. The lowest BCUT2D eigenvalue weighted by atomic mass is 10.2. The Morgan fingerprint density at radius 1 is 1.38 bits per heavy atom. The molecule has 1 aromatic heterocycles. The predicted molar refractivity (Wildman–Crippen MR) is 65.8 cm³/mol. The molecule has 0 unspecified atom stereocenters. The van der Waals surface area contributed by atoms with Gasteiger partial charge in [-0.25, -0.2) is 0 Å². The van der Waals surface area contributed by atoms with E-state index in [1.165, 1.54) is 12.8 Å². The van der Waals surface area contributed by atoms with Crippen molar-refractivity contribution in [3.05, 3.63) is 29.0 Å². The predicted octanol–water partition coefficient (Wildman–Crippen LogP) is 2.62. The molecule has 0 saturated heterocycles. The fraction of sp³-hybridized carbons (Fsp3) is 0.273. The fourth-order valence-electron chi connectivity index (χ4n) is 1.74. The molecule has 1 heterocycles. The van der Waals surface area contributed by atoms with Crippen LogP contribution < -0.4 is 5.73 Å². The van der Waals surface area contributed by atoms with Crippen molar-refractivity contribution in [3.63, 3.8) is 0 Å². The van der Waals surface area contributed by atoms with E-state index in [9.17, 15) is 0 Å². The summed E-state index contributed by atoms with van der Waals surface area (Å²) < 4.78 is 3.04. The normalized spacial score (nSPS) is 15.3. The molecule has 16 heavy (non-hydrogen) atoms. The Balaban J connectivity index is 2.07. The van der Waals surface area contributed by atoms with E-state index >= 15 is 0 Å². The summed E-state index contributed by atoms with van der Waals surface area (Å²) in [6, 6.07) is 6.42. The van der Waals surface area contributed by atoms with Crippen LogP contribution in [-0.2, 0) is 0 Å². The molecule has 0 bridgehead atoms. The fourth-order valence-corrected chi connectivity index (χ4v) is 2.11. The molecule has 1 fully saturated rings. The van der Waals surface area contributed by atoms with Crippen molar-refractivity contribution in [2.24, 2.45) is 0 Å². The minimum Gasteiger partial charge on any atom is -0.398 e. The van der Waals surface area contributed by atoms with E-state index in [0.29, 0.717) is 6.04 Å². The van der Waals surface area contributed by atoms with Crippen LogP contribution in [0.25, 0.3) is 11.4 Å². The molecule has 0 amide bonds. The van der Waals surface area contributed by atoms with Crippen LogP contribution in [-0.4, -0.2) is 14.8 Å². The second-order valence-corrected chi connectivity index (χ2v) is 4.88. The first-order valence-corrected chi connectivity index (χ1v) is 6.00. The third kappa shape index (κ3) is 1.61. The number of nitrogens with zero attached hydrogens (tertiary/aromatic N) is 3. The smallest absolute Gasteiger partial charge is 0.164 e. The summed E-state index contributed by atoms with van der Waals surface area (Å²) >= 11 is 3.43. The van der Waals surface area contributed by atoms with Crippen molar-refractivity contribution in [2.45, 2.75) is 18.9 Å². The van der Waals surface area contributed by atoms with Crippen molar-refractivity contribution in [1.29, 1.82) is 0 Å². The van der Waals surface area contributed by atoms with Gasteiger partial charge in [0.15, 0.2) is 5.82 Å². The summed E-state index contributed by atoms with van der Waals surface area (Å²) in [6.45, 7) is 0. The summed E-state index contributed by atoms with van der Waals surface area (Å²) in [4.78, 5) is 0. The summed E-state index contributed by atoms with van der Waals surface area (Å²) in [7, 11) is 0. The van der Waals surface area contributed by atoms with E-state index < -0.39 is 0 Å². The van der Waals surface area contributed by atoms with Gasteiger partial charge in [-0.3, -0.25) is 0 Å². The lowest BCUT2D eigenvalue weighted by Gasteiger charge is -2.06. The first-order valence-electron chi connectivity index (χ1n) is 5.20. The molecule has 1 aliphatic rings. The number of anilines is 1. The standard InChI is InChI=1S/C11H11BrN4/c12-9-5-7(1-4-10(9)13)11-15-14-6-16(11)8-2-3-8/h1,4-6,8H,2-3,13H2. The first kappa shape index (κ1) is 9.84. The molecule has 0 aliphatic heterocycles. The van der Waals surface area contributed by atoms with E-state index in [1.54, 1.807) is 6.33 Å². The van der Waals surface area contributed by atoms with Gasteiger partial charge in [-0.15, -0.1) is 10.2 Å². The number of hydrogen-bond acceptors (Lipinski definition) is 3. The number of nitrogen functional groups attached to an aromatic ring is 1. The van der Waals surface area contributed by atoms with Crippen molar-refractivity contribution in [2.75, 3.05) is 5.73 Å². The van der Waals surface area contributed by atoms with Crippen LogP contribution in [0.4, 0.5) is 5.69 Å². The molecule has 3 rings (SSSR count). The number of nitrogens with two attached hydrogens (primary N) is 1. The summed E-state index contributed by atoms with van der Waals surface area (Å²) in [6.07, 6.45) is 4.25. The molecule has 2 aromatic rings. The molecular formula is C11H11BrN4. The van der Waals surface area contributed by atoms with Gasteiger partial charge >= 0.3 is 0 Å². The van der Waals surface area contributed by atoms with Gasteiger partial charge < -0.3 is 10.3 Å². The van der Waals surface area contributed by atoms with Crippen LogP contribution in [0.2, 0.25) is 0 Å². The molecule has 2 N–H and O–H groups in total. The van der Waals surface area contributed by atoms with Crippen molar-refractivity contribution in [3.8, 4) is 11.4 Å². The maximum atomic E-state index is 5.76. The summed E-state index contributed by atoms with van der Waals surface area (Å²) in [5.41, 5.74) is 7.55. The van der Waals surface area contributed by atoms with Crippen LogP contribution in [0.15, 0.2) is 29.0 Å². The van der Waals surface area contributed by atoms with E-state index in [0.717, 1.165) is 21.5 Å². The monoisotopic (exact) mass is 278 g/mol. The second-order valence-electron chi connectivity index (χ2n) is 4.03. The van der Waals surface area contributed by atoms with E-state index in [1.807, 2.05) is 18.2 Å². The zero-order valence-corrected chi connectivity index (χ0v) is 10.2. The van der Waals surface area contributed by atoms with Gasteiger partial charge in [0.2, 0.25) is 0 Å². The van der Waals surface area contributed by atoms with Crippen LogP contribution in [0, 0.1) is 0 Å². The number of benzene rings is 1. The Morgan fingerprint density at radius 2 is 2.19 bits per heavy atom. The Kier molecular flexibility index (Phi) is 2.21. The van der Waals surface area contributed by atoms with Crippen LogP contribution in [0.1, 0.15) is 18.9 Å². The van der Waals surface area contributed by atoms with Gasteiger partial charge in [-0.2, -0.15) is 0 Å². The zero-order valence-electron chi connectivity index (χ0n) is 8.60. The largest absolute Gasteiger partial charge is 0.398 e. The van der Waals surface area contributed by atoms with Gasteiger partial charge in [-0.1, -0.05) is 0 Å². The second kappa shape index (κ2) is 3.59. The van der Waals surface area contributed by atoms with E-state index in [4.69, 9.17) is 5.73 Å². The molecule has 0 spiro atoms. The van der Waals surface area contributed by atoms with Crippen LogP contribution in [0.5, 0.6) is 0 Å². The Labute approximate surface area is 102 Å². The van der Waals surface area contributed by atoms with Crippen LogP contribution in [0.3, 0.4) is 0 Å². The average Bonchev–Trinajstić information content (AvgIpc) is 3.01. The van der Waals surface area contributed by atoms with Crippen molar-refractivity contribution >= 4 is 21.6 Å². The minimum atomic E-state index is 0.585. The summed E-state index contributed by atoms with van der Waals surface area (Å²) in [5.74, 6) is 0.920. The highest BCUT2D eigenvalue weighted by molar-refractivity contribution is 9.10. The van der Waals surface area contributed by atoms with Gasteiger partial charge in [-0.05, 0) is 47.0 Å². The minimum absolute atomic E-state index is 0.585. The third-order valence-corrected chi connectivity index (χ3v) is 3.46. The highest BCUT2D eigenvalue weighted by atomic mass is 79.9. The number of rotatable bonds is 2. The first-order chi connectivity index (χ1) is 7.75. The Bertz CT molecular complexity index is 531. The highest BCUT2D eigenvalue weighted by Crippen LogP contribution is 2.38. The highest BCUT2D eigenvalue weighted by Gasteiger charge is 2.26. The third-order valence-electron chi connectivity index (χ3n) is 2.77. The van der Waals surface area contributed by atoms with Gasteiger partial charge in [0.05, 0.1) is 0 Å². The molecular weight excluding hydrogens is 268 g/mol. The van der Waals surface area contributed by atoms with Gasteiger partial charge in [0.1, 0.15) is 6.33 Å². The molecule has 0 radical (unpaired) electrons. The molecule has 82 valence electrons.